The first-order valence-corrected chi connectivity index (χ1v) is 6.16. The summed E-state index contributed by atoms with van der Waals surface area (Å²) < 4.78 is 5.62. The lowest BCUT2D eigenvalue weighted by atomic mass is 10.2. The Morgan fingerprint density at radius 1 is 1.39 bits per heavy atom. The van der Waals surface area contributed by atoms with Crippen LogP contribution in [0.25, 0.3) is 0 Å². The average Bonchev–Trinajstić information content (AvgIpc) is 2.77. The Hall–Kier alpha value is -1.84. The van der Waals surface area contributed by atoms with Crippen molar-refractivity contribution >= 4 is 11.8 Å². The lowest BCUT2D eigenvalue weighted by Gasteiger charge is -2.20. The van der Waals surface area contributed by atoms with Crippen molar-refractivity contribution in [1.29, 1.82) is 0 Å². The molecule has 2 amide bonds. The number of aryl methyl sites for hydroxylation is 1. The number of imide groups is 1. The third-order valence-corrected chi connectivity index (χ3v) is 3.08. The van der Waals surface area contributed by atoms with Gasteiger partial charge in [-0.25, -0.2) is 0 Å². The highest BCUT2D eigenvalue weighted by molar-refractivity contribution is 5.98. The third kappa shape index (κ3) is 2.53. The van der Waals surface area contributed by atoms with Gasteiger partial charge in [-0.15, -0.1) is 0 Å². The molecular formula is C14H17NO3. The van der Waals surface area contributed by atoms with Crippen molar-refractivity contribution in [2.24, 2.45) is 0 Å². The first kappa shape index (κ1) is 12.6. The Balaban J connectivity index is 2.04. The van der Waals surface area contributed by atoms with Gasteiger partial charge in [0.25, 0.3) is 5.91 Å². The summed E-state index contributed by atoms with van der Waals surface area (Å²) in [5, 5.41) is 0. The van der Waals surface area contributed by atoms with Crippen molar-refractivity contribution in [2.75, 3.05) is 6.54 Å². The van der Waals surface area contributed by atoms with Crippen LogP contribution in [0.3, 0.4) is 0 Å². The van der Waals surface area contributed by atoms with Crippen LogP contribution in [0.15, 0.2) is 24.3 Å². The molecule has 2 rings (SSSR count). The van der Waals surface area contributed by atoms with Gasteiger partial charge in [0.2, 0.25) is 5.91 Å². The monoisotopic (exact) mass is 247 g/mol. The molecule has 18 heavy (non-hydrogen) atoms. The van der Waals surface area contributed by atoms with E-state index in [2.05, 4.69) is 0 Å². The molecule has 1 atom stereocenters. The van der Waals surface area contributed by atoms with Crippen LogP contribution in [0.2, 0.25) is 0 Å². The number of nitrogens with zero attached hydrogens (tertiary/aromatic N) is 1. The van der Waals surface area contributed by atoms with E-state index in [-0.39, 0.29) is 11.8 Å². The zero-order chi connectivity index (χ0) is 13.1. The molecule has 1 heterocycles. The van der Waals surface area contributed by atoms with Crippen LogP contribution in [-0.4, -0.2) is 29.4 Å². The van der Waals surface area contributed by atoms with Crippen molar-refractivity contribution in [3.05, 3.63) is 29.8 Å². The van der Waals surface area contributed by atoms with E-state index in [1.54, 1.807) is 6.92 Å². The van der Waals surface area contributed by atoms with Gasteiger partial charge in [-0.1, -0.05) is 18.2 Å². The van der Waals surface area contributed by atoms with E-state index in [0.717, 1.165) is 12.0 Å². The van der Waals surface area contributed by atoms with Gasteiger partial charge in [0.1, 0.15) is 5.75 Å². The second kappa shape index (κ2) is 5.21. The standard InChI is InChI=1S/C14H17NO3/c1-10-6-3-4-7-12(10)18-11(2)14(17)15-9-5-8-13(15)16/h3-4,6-7,11H,5,8-9H2,1-2H3. The zero-order valence-electron chi connectivity index (χ0n) is 10.7. The molecule has 0 bridgehead atoms. The normalized spacial score (nSPS) is 16.8. The molecule has 4 heteroatoms. The summed E-state index contributed by atoms with van der Waals surface area (Å²) >= 11 is 0. The molecule has 1 aromatic carbocycles. The maximum absolute atomic E-state index is 12.1. The molecule has 1 saturated heterocycles. The SMILES string of the molecule is Cc1ccccc1OC(C)C(=O)N1CCCC1=O. The van der Waals surface area contributed by atoms with Crippen LogP contribution in [-0.2, 0) is 9.59 Å². The minimum Gasteiger partial charge on any atom is -0.481 e. The van der Waals surface area contributed by atoms with Crippen molar-refractivity contribution < 1.29 is 14.3 Å². The van der Waals surface area contributed by atoms with Crippen LogP contribution in [0.1, 0.15) is 25.3 Å². The largest absolute Gasteiger partial charge is 0.481 e. The summed E-state index contributed by atoms with van der Waals surface area (Å²) in [5.74, 6) is 0.339. The fourth-order valence-electron chi connectivity index (χ4n) is 2.03. The number of amides is 2. The van der Waals surface area contributed by atoms with E-state index < -0.39 is 6.10 Å². The predicted molar refractivity (Wildman–Crippen MR) is 67.2 cm³/mol. The summed E-state index contributed by atoms with van der Waals surface area (Å²) in [6.45, 7) is 4.12. The number of benzene rings is 1. The summed E-state index contributed by atoms with van der Waals surface area (Å²) in [7, 11) is 0. The van der Waals surface area contributed by atoms with Crippen LogP contribution in [0.4, 0.5) is 0 Å². The van der Waals surface area contributed by atoms with E-state index in [9.17, 15) is 9.59 Å². The minimum absolute atomic E-state index is 0.0970. The molecule has 0 N–H and O–H groups in total. The first-order valence-electron chi connectivity index (χ1n) is 6.16. The number of ether oxygens (including phenoxy) is 1. The van der Waals surface area contributed by atoms with Gasteiger partial charge in [0.15, 0.2) is 6.10 Å². The lowest BCUT2D eigenvalue weighted by Crippen LogP contribution is -2.41. The van der Waals surface area contributed by atoms with Gasteiger partial charge >= 0.3 is 0 Å². The minimum atomic E-state index is -0.631. The number of carbonyl (C=O) groups excluding carboxylic acids is 2. The van der Waals surface area contributed by atoms with Gasteiger partial charge < -0.3 is 4.74 Å². The maximum Gasteiger partial charge on any atom is 0.269 e. The predicted octanol–water partition coefficient (Wildman–Crippen LogP) is 1.91. The zero-order valence-corrected chi connectivity index (χ0v) is 10.7. The van der Waals surface area contributed by atoms with Crippen molar-refractivity contribution in [2.45, 2.75) is 32.8 Å². The molecule has 1 aliphatic heterocycles. The Bertz CT molecular complexity index is 470. The average molecular weight is 247 g/mol. The van der Waals surface area contributed by atoms with Crippen molar-refractivity contribution in [3.8, 4) is 5.75 Å². The van der Waals surface area contributed by atoms with Gasteiger partial charge in [-0.2, -0.15) is 0 Å². The number of rotatable bonds is 3. The number of para-hydroxylation sites is 1. The smallest absolute Gasteiger partial charge is 0.269 e. The molecule has 1 unspecified atom stereocenters. The van der Waals surface area contributed by atoms with Crippen LogP contribution in [0.5, 0.6) is 5.75 Å². The number of hydrogen-bond acceptors (Lipinski definition) is 3. The number of hydrogen-bond donors (Lipinski definition) is 0. The highest BCUT2D eigenvalue weighted by Crippen LogP contribution is 2.19. The van der Waals surface area contributed by atoms with E-state index in [0.29, 0.717) is 18.7 Å². The molecular weight excluding hydrogens is 230 g/mol. The van der Waals surface area contributed by atoms with Crippen molar-refractivity contribution in [1.82, 2.24) is 4.90 Å². The van der Waals surface area contributed by atoms with Gasteiger partial charge in [-0.3, -0.25) is 14.5 Å². The molecule has 0 saturated carbocycles. The summed E-state index contributed by atoms with van der Waals surface area (Å²) in [4.78, 5) is 24.8. The number of likely N-dealkylation sites (tertiary alicyclic amines) is 1. The molecule has 0 aromatic heterocycles. The first-order chi connectivity index (χ1) is 8.59. The quantitative estimate of drug-likeness (QED) is 0.819. The third-order valence-electron chi connectivity index (χ3n) is 3.08. The number of carbonyl (C=O) groups is 2. The summed E-state index contributed by atoms with van der Waals surface area (Å²) in [6.07, 6.45) is 0.581. The molecule has 1 aliphatic rings. The second-order valence-corrected chi connectivity index (χ2v) is 4.51. The van der Waals surface area contributed by atoms with Crippen molar-refractivity contribution in [3.63, 3.8) is 0 Å². The maximum atomic E-state index is 12.1. The molecule has 0 aliphatic carbocycles. The molecule has 1 aromatic rings. The molecule has 0 spiro atoms. The van der Waals surface area contributed by atoms with Crippen LogP contribution in [0, 0.1) is 6.92 Å². The van der Waals surface area contributed by atoms with Gasteiger partial charge in [0.05, 0.1) is 0 Å². The highest BCUT2D eigenvalue weighted by Gasteiger charge is 2.30. The molecule has 1 fully saturated rings. The summed E-state index contributed by atoms with van der Waals surface area (Å²) in [5.41, 5.74) is 0.977. The molecule has 4 nitrogen and oxygen atoms in total. The fraction of sp³-hybridized carbons (Fsp3) is 0.429. The van der Waals surface area contributed by atoms with Crippen LogP contribution >= 0.6 is 0 Å². The van der Waals surface area contributed by atoms with E-state index in [1.807, 2.05) is 31.2 Å². The Morgan fingerprint density at radius 3 is 2.72 bits per heavy atom. The topological polar surface area (TPSA) is 46.6 Å². The highest BCUT2D eigenvalue weighted by atomic mass is 16.5. The van der Waals surface area contributed by atoms with E-state index in [4.69, 9.17) is 4.74 Å². The Kier molecular flexibility index (Phi) is 3.65. The van der Waals surface area contributed by atoms with E-state index in [1.165, 1.54) is 4.90 Å². The molecule has 0 radical (unpaired) electrons. The summed E-state index contributed by atoms with van der Waals surface area (Å²) in [6, 6.07) is 7.53. The van der Waals surface area contributed by atoms with E-state index >= 15 is 0 Å². The Morgan fingerprint density at radius 2 is 2.11 bits per heavy atom. The van der Waals surface area contributed by atoms with Gasteiger partial charge in [0, 0.05) is 13.0 Å². The lowest BCUT2D eigenvalue weighted by molar-refractivity contribution is -0.146. The molecule has 96 valence electrons. The van der Waals surface area contributed by atoms with Crippen LogP contribution < -0.4 is 4.74 Å². The second-order valence-electron chi connectivity index (χ2n) is 4.51. The fourth-order valence-corrected chi connectivity index (χ4v) is 2.03. The van der Waals surface area contributed by atoms with Gasteiger partial charge in [-0.05, 0) is 31.9 Å². The Labute approximate surface area is 107 Å².